The van der Waals surface area contributed by atoms with Gasteiger partial charge in [-0.3, -0.25) is 19.2 Å². The van der Waals surface area contributed by atoms with Gasteiger partial charge in [0.1, 0.15) is 6.54 Å². The molecule has 1 aromatic rings. The Morgan fingerprint density at radius 1 is 1.12 bits per heavy atom. The van der Waals surface area contributed by atoms with E-state index in [0.717, 1.165) is 19.3 Å². The quantitative estimate of drug-likeness (QED) is 0.748. The number of rotatable bonds is 6. The summed E-state index contributed by atoms with van der Waals surface area (Å²) in [6.45, 7) is 1.35. The monoisotopic (exact) mass is 361 g/mol. The average Bonchev–Trinajstić information content (AvgIpc) is 2.77. The number of carbonyl (C=O) groups excluding carboxylic acids is 4. The van der Waals surface area contributed by atoms with E-state index in [0.29, 0.717) is 24.3 Å². The maximum absolute atomic E-state index is 11.9. The van der Waals surface area contributed by atoms with Gasteiger partial charge >= 0.3 is 5.97 Å². The van der Waals surface area contributed by atoms with Crippen LogP contribution in [-0.2, 0) is 23.9 Å². The molecular formula is C18H23N3O5. The summed E-state index contributed by atoms with van der Waals surface area (Å²) in [7, 11) is 0. The van der Waals surface area contributed by atoms with Crippen molar-refractivity contribution in [2.24, 2.45) is 0 Å². The molecule has 1 aromatic carbocycles. The maximum Gasteiger partial charge on any atom is 0.326 e. The van der Waals surface area contributed by atoms with Gasteiger partial charge in [-0.05, 0) is 31.0 Å². The van der Waals surface area contributed by atoms with Crippen LogP contribution in [0.25, 0.3) is 0 Å². The van der Waals surface area contributed by atoms with Crippen LogP contribution in [0.4, 0.5) is 11.4 Å². The molecule has 140 valence electrons. The summed E-state index contributed by atoms with van der Waals surface area (Å²) in [6, 6.07) is 6.62. The number of likely N-dealkylation sites (tertiary alicyclic amines) is 1. The third-order valence-corrected chi connectivity index (χ3v) is 3.82. The van der Waals surface area contributed by atoms with Crippen LogP contribution in [0.1, 0.15) is 32.6 Å². The van der Waals surface area contributed by atoms with Gasteiger partial charge in [-0.2, -0.15) is 0 Å². The van der Waals surface area contributed by atoms with Crippen molar-refractivity contribution in [2.75, 3.05) is 30.3 Å². The molecule has 2 N–H and O–H groups in total. The molecule has 0 saturated carbocycles. The summed E-state index contributed by atoms with van der Waals surface area (Å²) in [5.41, 5.74) is 1.02. The van der Waals surface area contributed by atoms with E-state index < -0.39 is 18.5 Å². The first-order valence-corrected chi connectivity index (χ1v) is 8.55. The van der Waals surface area contributed by atoms with E-state index in [1.54, 1.807) is 24.3 Å². The predicted octanol–water partition coefficient (Wildman–Crippen LogP) is 1.53. The number of benzene rings is 1. The second kappa shape index (κ2) is 9.55. The van der Waals surface area contributed by atoms with E-state index in [1.165, 1.54) is 11.8 Å². The second-order valence-corrected chi connectivity index (χ2v) is 6.10. The number of ether oxygens (including phenoxy) is 1. The van der Waals surface area contributed by atoms with Crippen molar-refractivity contribution in [1.29, 1.82) is 0 Å². The molecule has 1 aliphatic rings. The van der Waals surface area contributed by atoms with Crippen molar-refractivity contribution in [3.63, 3.8) is 0 Å². The summed E-state index contributed by atoms with van der Waals surface area (Å²) in [6.07, 6.45) is 3.12. The highest BCUT2D eigenvalue weighted by Crippen LogP contribution is 2.15. The molecule has 0 unspecified atom stereocenters. The second-order valence-electron chi connectivity index (χ2n) is 6.10. The molecule has 1 fully saturated rings. The van der Waals surface area contributed by atoms with E-state index in [9.17, 15) is 19.2 Å². The molecule has 0 spiro atoms. The molecule has 0 bridgehead atoms. The third-order valence-electron chi connectivity index (χ3n) is 3.82. The van der Waals surface area contributed by atoms with Gasteiger partial charge < -0.3 is 20.3 Å². The number of nitrogens with zero attached hydrogens (tertiary/aromatic N) is 1. The number of nitrogens with one attached hydrogen (secondary N) is 2. The van der Waals surface area contributed by atoms with E-state index in [4.69, 9.17) is 4.74 Å². The van der Waals surface area contributed by atoms with Crippen LogP contribution in [-0.4, -0.2) is 48.3 Å². The molecule has 0 atom stereocenters. The SMILES string of the molecule is CC(=O)Nc1cccc(NC(=O)COC(=O)CN2CCCCCC2=O)c1. The van der Waals surface area contributed by atoms with Crippen LogP contribution < -0.4 is 10.6 Å². The number of anilines is 2. The Labute approximate surface area is 151 Å². The molecular weight excluding hydrogens is 338 g/mol. The zero-order chi connectivity index (χ0) is 18.9. The van der Waals surface area contributed by atoms with Crippen molar-refractivity contribution < 1.29 is 23.9 Å². The minimum absolute atomic E-state index is 0.0568. The van der Waals surface area contributed by atoms with E-state index in [2.05, 4.69) is 10.6 Å². The Morgan fingerprint density at radius 2 is 1.85 bits per heavy atom. The lowest BCUT2D eigenvalue weighted by atomic mass is 10.2. The normalized spacial score (nSPS) is 14.3. The minimum Gasteiger partial charge on any atom is -0.454 e. The first kappa shape index (κ1) is 19.4. The number of hydrogen-bond donors (Lipinski definition) is 2. The lowest BCUT2D eigenvalue weighted by Gasteiger charge is -2.19. The molecule has 0 aliphatic carbocycles. The van der Waals surface area contributed by atoms with Gasteiger partial charge in [-0.15, -0.1) is 0 Å². The van der Waals surface area contributed by atoms with Crippen molar-refractivity contribution in [3.05, 3.63) is 24.3 Å². The Balaban J connectivity index is 1.78. The highest BCUT2D eigenvalue weighted by Gasteiger charge is 2.20. The van der Waals surface area contributed by atoms with Crippen molar-refractivity contribution in [3.8, 4) is 0 Å². The van der Waals surface area contributed by atoms with Crippen molar-refractivity contribution in [2.45, 2.75) is 32.6 Å². The summed E-state index contributed by atoms with van der Waals surface area (Å²) >= 11 is 0. The van der Waals surface area contributed by atoms with E-state index >= 15 is 0 Å². The highest BCUT2D eigenvalue weighted by molar-refractivity contribution is 5.94. The summed E-state index contributed by atoms with van der Waals surface area (Å²) in [4.78, 5) is 48.1. The fourth-order valence-electron chi connectivity index (χ4n) is 2.63. The van der Waals surface area contributed by atoms with Gasteiger partial charge in [0.15, 0.2) is 6.61 Å². The van der Waals surface area contributed by atoms with Crippen LogP contribution in [0.3, 0.4) is 0 Å². The maximum atomic E-state index is 11.9. The van der Waals surface area contributed by atoms with Gasteiger partial charge in [0, 0.05) is 31.3 Å². The Morgan fingerprint density at radius 3 is 2.58 bits per heavy atom. The molecule has 26 heavy (non-hydrogen) atoms. The largest absolute Gasteiger partial charge is 0.454 e. The van der Waals surface area contributed by atoms with Crippen LogP contribution in [0.5, 0.6) is 0 Å². The number of hydrogen-bond acceptors (Lipinski definition) is 5. The Kier molecular flexibility index (Phi) is 7.13. The Hall–Kier alpha value is -2.90. The third kappa shape index (κ3) is 6.54. The molecule has 1 aliphatic heterocycles. The van der Waals surface area contributed by atoms with Crippen molar-refractivity contribution >= 4 is 35.1 Å². The number of esters is 1. The van der Waals surface area contributed by atoms with Gasteiger partial charge in [-0.1, -0.05) is 12.5 Å². The highest BCUT2D eigenvalue weighted by atomic mass is 16.5. The van der Waals surface area contributed by atoms with Gasteiger partial charge in [0.2, 0.25) is 11.8 Å². The molecule has 8 heteroatoms. The first-order valence-electron chi connectivity index (χ1n) is 8.55. The van der Waals surface area contributed by atoms with E-state index in [-0.39, 0.29) is 18.4 Å². The summed E-state index contributed by atoms with van der Waals surface area (Å²) in [5, 5.41) is 5.20. The fourth-order valence-corrected chi connectivity index (χ4v) is 2.63. The zero-order valence-electron chi connectivity index (χ0n) is 14.7. The molecule has 1 heterocycles. The topological polar surface area (TPSA) is 105 Å². The van der Waals surface area contributed by atoms with Crippen LogP contribution in [0.15, 0.2) is 24.3 Å². The molecule has 8 nitrogen and oxygen atoms in total. The van der Waals surface area contributed by atoms with Crippen molar-refractivity contribution in [1.82, 2.24) is 4.90 Å². The fraction of sp³-hybridized carbons (Fsp3) is 0.444. The predicted molar refractivity (Wildman–Crippen MR) is 95.4 cm³/mol. The smallest absolute Gasteiger partial charge is 0.326 e. The lowest BCUT2D eigenvalue weighted by Crippen LogP contribution is -2.36. The van der Waals surface area contributed by atoms with Crippen LogP contribution in [0, 0.1) is 0 Å². The van der Waals surface area contributed by atoms with E-state index in [1.807, 2.05) is 0 Å². The Bertz CT molecular complexity index is 689. The zero-order valence-corrected chi connectivity index (χ0v) is 14.7. The summed E-state index contributed by atoms with van der Waals surface area (Å²) in [5.74, 6) is -1.38. The molecule has 0 aromatic heterocycles. The molecule has 1 saturated heterocycles. The molecule has 3 amide bonds. The number of amides is 3. The van der Waals surface area contributed by atoms with Gasteiger partial charge in [0.05, 0.1) is 0 Å². The molecule has 0 radical (unpaired) electrons. The van der Waals surface area contributed by atoms with Crippen LogP contribution >= 0.6 is 0 Å². The standard InChI is InChI=1S/C18H23N3O5/c1-13(22)19-14-6-5-7-15(10-14)20-16(23)12-26-18(25)11-21-9-4-2-3-8-17(21)24/h5-7,10H,2-4,8-9,11-12H2,1H3,(H,19,22)(H,20,23). The van der Waals surface area contributed by atoms with Gasteiger partial charge in [-0.25, -0.2) is 0 Å². The van der Waals surface area contributed by atoms with Crippen LogP contribution in [0.2, 0.25) is 0 Å². The molecule has 2 rings (SSSR count). The average molecular weight is 361 g/mol. The first-order chi connectivity index (χ1) is 12.4. The summed E-state index contributed by atoms with van der Waals surface area (Å²) < 4.78 is 4.95. The lowest BCUT2D eigenvalue weighted by molar-refractivity contribution is -0.151. The minimum atomic E-state index is -0.609. The van der Waals surface area contributed by atoms with Gasteiger partial charge in [0.25, 0.3) is 5.91 Å². The number of carbonyl (C=O) groups is 4.